The third kappa shape index (κ3) is 6.11. The van der Waals surface area contributed by atoms with Crippen molar-refractivity contribution in [1.82, 2.24) is 24.6 Å². The maximum atomic E-state index is 12.2. The van der Waals surface area contributed by atoms with E-state index in [1.807, 2.05) is 6.92 Å². The summed E-state index contributed by atoms with van der Waals surface area (Å²) in [4.78, 5) is 25.4. The number of piperidine rings is 1. The number of halogens is 3. The van der Waals surface area contributed by atoms with Gasteiger partial charge in [-0.15, -0.1) is 10.2 Å². The second-order valence-corrected chi connectivity index (χ2v) is 8.80. The van der Waals surface area contributed by atoms with Gasteiger partial charge >= 0.3 is 18.2 Å². The summed E-state index contributed by atoms with van der Waals surface area (Å²) in [6, 6.07) is 8.93. The molecule has 1 spiro atoms. The van der Waals surface area contributed by atoms with Crippen LogP contribution in [0.1, 0.15) is 42.5 Å². The molecule has 1 amide bonds. The highest BCUT2D eigenvalue weighted by molar-refractivity contribution is 5.73. The number of carboxylic acids is 1. The molecule has 35 heavy (non-hydrogen) atoms. The number of alkyl halides is 3. The first kappa shape index (κ1) is 26.5. The smallest absolute Gasteiger partial charge is 0.475 e. The van der Waals surface area contributed by atoms with Crippen LogP contribution in [-0.2, 0) is 34.6 Å². The Labute approximate surface area is 201 Å². The molecule has 0 atom stereocenters. The summed E-state index contributed by atoms with van der Waals surface area (Å²) in [5, 5.41) is 15.7. The van der Waals surface area contributed by atoms with Crippen LogP contribution in [0.5, 0.6) is 0 Å². The summed E-state index contributed by atoms with van der Waals surface area (Å²) in [6.45, 7) is 8.25. The van der Waals surface area contributed by atoms with Crippen molar-refractivity contribution in [2.45, 2.75) is 57.9 Å². The zero-order valence-electron chi connectivity index (χ0n) is 20.0. The van der Waals surface area contributed by atoms with Crippen LogP contribution in [0.3, 0.4) is 0 Å². The number of likely N-dealkylation sites (tertiary alicyclic amines) is 1. The van der Waals surface area contributed by atoms with Gasteiger partial charge < -0.3 is 14.4 Å². The van der Waals surface area contributed by atoms with E-state index in [1.165, 1.54) is 18.2 Å². The maximum absolute atomic E-state index is 12.2. The molecule has 0 unspecified atom stereocenters. The molecular weight excluding hydrogens is 467 g/mol. The van der Waals surface area contributed by atoms with E-state index in [0.29, 0.717) is 13.1 Å². The van der Waals surface area contributed by atoms with Crippen molar-refractivity contribution < 1.29 is 32.6 Å². The lowest BCUT2D eigenvalue weighted by Crippen LogP contribution is -2.57. The summed E-state index contributed by atoms with van der Waals surface area (Å²) >= 11 is 0. The molecule has 1 fully saturated rings. The van der Waals surface area contributed by atoms with Crippen molar-refractivity contribution in [2.75, 3.05) is 26.7 Å². The molecule has 1 N–H and O–H groups in total. The average molecular weight is 498 g/mol. The van der Waals surface area contributed by atoms with E-state index in [4.69, 9.17) is 14.6 Å². The zero-order valence-corrected chi connectivity index (χ0v) is 20.0. The van der Waals surface area contributed by atoms with Crippen molar-refractivity contribution in [3.63, 3.8) is 0 Å². The number of methoxy groups -OCH3 is 1. The number of aliphatic carboxylic acids is 1. The molecule has 2 aliphatic rings. The minimum absolute atomic E-state index is 0.141. The van der Waals surface area contributed by atoms with Crippen LogP contribution in [0.2, 0.25) is 0 Å². The quantitative estimate of drug-likeness (QED) is 0.694. The molecule has 1 saturated heterocycles. The Morgan fingerprint density at radius 1 is 1.11 bits per heavy atom. The number of rotatable bonds is 3. The number of ether oxygens (including phenoxy) is 1. The average Bonchev–Trinajstić information content (AvgIpc) is 3.22. The fourth-order valence-corrected chi connectivity index (χ4v) is 4.68. The lowest BCUT2D eigenvalue weighted by Gasteiger charge is -2.48. The summed E-state index contributed by atoms with van der Waals surface area (Å²) in [5.41, 5.74) is 2.59. The molecule has 9 nitrogen and oxygen atoms in total. The maximum Gasteiger partial charge on any atom is 0.490 e. The van der Waals surface area contributed by atoms with Crippen LogP contribution in [0.15, 0.2) is 24.3 Å². The van der Waals surface area contributed by atoms with Crippen molar-refractivity contribution >= 4 is 12.1 Å². The normalized spacial score (nSPS) is 17.4. The third-order valence-electron chi connectivity index (χ3n) is 6.48. The number of aryl methyl sites for hydroxylation is 2. The SMILES string of the molecule is CCc1ccc(CN2CCC3(CC2)CN(C(=O)OC)Cc2nnc(C)n23)cc1.O=C(O)C(F)(F)F. The predicted molar refractivity (Wildman–Crippen MR) is 120 cm³/mol. The highest BCUT2D eigenvalue weighted by Crippen LogP contribution is 2.37. The number of amides is 1. The minimum atomic E-state index is -5.08. The molecule has 0 aliphatic carbocycles. The van der Waals surface area contributed by atoms with E-state index in [0.717, 1.165) is 50.5 Å². The molecule has 0 saturated carbocycles. The van der Waals surface area contributed by atoms with E-state index >= 15 is 0 Å². The first-order chi connectivity index (χ1) is 16.5. The fraction of sp³-hybridized carbons (Fsp3) is 0.565. The molecule has 1 aromatic heterocycles. The lowest BCUT2D eigenvalue weighted by atomic mass is 9.84. The van der Waals surface area contributed by atoms with E-state index in [9.17, 15) is 18.0 Å². The lowest BCUT2D eigenvalue weighted by molar-refractivity contribution is -0.192. The predicted octanol–water partition coefficient (Wildman–Crippen LogP) is 3.36. The number of hydrogen-bond acceptors (Lipinski definition) is 6. The largest absolute Gasteiger partial charge is 0.490 e. The van der Waals surface area contributed by atoms with E-state index in [2.05, 4.69) is 50.9 Å². The molecule has 0 bridgehead atoms. The summed E-state index contributed by atoms with van der Waals surface area (Å²) in [6.07, 6.45) is -2.35. The van der Waals surface area contributed by atoms with Gasteiger partial charge in [-0.1, -0.05) is 31.2 Å². The Bertz CT molecular complexity index is 1030. The Morgan fingerprint density at radius 2 is 1.69 bits per heavy atom. The van der Waals surface area contributed by atoms with Crippen molar-refractivity contribution in [1.29, 1.82) is 0 Å². The van der Waals surface area contributed by atoms with Gasteiger partial charge in [-0.05, 0) is 37.3 Å². The standard InChI is InChI=1S/C21H29N5O2.C2HF3O2/c1-4-17-5-7-18(8-6-17)13-24-11-9-21(10-12-24)15-25(20(27)28-3)14-19-23-22-16(2)26(19)21;3-2(4,5)1(6)7/h5-8H,4,9-15H2,1-3H3;(H,6,7). The van der Waals surface area contributed by atoms with Crippen LogP contribution in [0.25, 0.3) is 0 Å². The van der Waals surface area contributed by atoms with Gasteiger partial charge in [0.05, 0.1) is 19.2 Å². The molecule has 2 aliphatic heterocycles. The first-order valence-corrected chi connectivity index (χ1v) is 11.3. The van der Waals surface area contributed by atoms with Gasteiger partial charge in [0.25, 0.3) is 0 Å². The Balaban J connectivity index is 0.000000429. The molecule has 3 heterocycles. The first-order valence-electron chi connectivity index (χ1n) is 11.3. The summed E-state index contributed by atoms with van der Waals surface area (Å²) in [5.74, 6) is -0.964. The fourth-order valence-electron chi connectivity index (χ4n) is 4.68. The van der Waals surface area contributed by atoms with E-state index in [-0.39, 0.29) is 11.6 Å². The topological polar surface area (TPSA) is 101 Å². The van der Waals surface area contributed by atoms with Crippen molar-refractivity contribution in [3.05, 3.63) is 47.0 Å². The second kappa shape index (κ2) is 10.6. The number of carboxylic acid groups (broad SMARTS) is 1. The van der Waals surface area contributed by atoms with Crippen LogP contribution in [0, 0.1) is 6.92 Å². The highest BCUT2D eigenvalue weighted by Gasteiger charge is 2.45. The molecule has 1 aromatic carbocycles. The Morgan fingerprint density at radius 3 is 2.20 bits per heavy atom. The molecule has 0 radical (unpaired) electrons. The van der Waals surface area contributed by atoms with Gasteiger partial charge in [-0.2, -0.15) is 13.2 Å². The van der Waals surface area contributed by atoms with E-state index < -0.39 is 12.1 Å². The summed E-state index contributed by atoms with van der Waals surface area (Å²) < 4.78 is 39.0. The number of carbonyl (C=O) groups excluding carboxylic acids is 1. The third-order valence-corrected chi connectivity index (χ3v) is 6.48. The number of nitrogens with zero attached hydrogens (tertiary/aromatic N) is 5. The monoisotopic (exact) mass is 497 g/mol. The van der Waals surface area contributed by atoms with Crippen molar-refractivity contribution in [3.8, 4) is 0 Å². The van der Waals surface area contributed by atoms with Crippen LogP contribution in [-0.4, -0.2) is 74.7 Å². The number of fused-ring (bicyclic) bond motifs is 2. The number of carbonyl (C=O) groups is 2. The number of aromatic nitrogens is 3. The van der Waals surface area contributed by atoms with Gasteiger partial charge in [0.15, 0.2) is 5.82 Å². The van der Waals surface area contributed by atoms with Crippen molar-refractivity contribution in [2.24, 2.45) is 0 Å². The summed E-state index contributed by atoms with van der Waals surface area (Å²) in [7, 11) is 1.44. The zero-order chi connectivity index (χ0) is 25.8. The Kier molecular flexibility index (Phi) is 8.04. The van der Waals surface area contributed by atoms with Gasteiger partial charge in [-0.25, -0.2) is 9.59 Å². The minimum Gasteiger partial charge on any atom is -0.475 e. The van der Waals surface area contributed by atoms with Crippen LogP contribution >= 0.6 is 0 Å². The highest BCUT2D eigenvalue weighted by atomic mass is 19.4. The molecule has 192 valence electrons. The van der Waals surface area contributed by atoms with E-state index in [1.54, 1.807) is 4.90 Å². The van der Waals surface area contributed by atoms with Gasteiger partial charge in [0, 0.05) is 26.2 Å². The van der Waals surface area contributed by atoms with Gasteiger partial charge in [0.2, 0.25) is 0 Å². The number of benzene rings is 1. The molecule has 4 rings (SSSR count). The van der Waals surface area contributed by atoms with Crippen LogP contribution < -0.4 is 0 Å². The number of hydrogen-bond donors (Lipinski definition) is 1. The molecular formula is C23H30F3N5O4. The molecule has 12 heteroatoms. The Hall–Kier alpha value is -3.15. The van der Waals surface area contributed by atoms with Gasteiger partial charge in [-0.3, -0.25) is 9.80 Å². The van der Waals surface area contributed by atoms with Crippen LogP contribution in [0.4, 0.5) is 18.0 Å². The van der Waals surface area contributed by atoms with Gasteiger partial charge in [0.1, 0.15) is 5.82 Å². The molecule has 2 aromatic rings. The second-order valence-electron chi connectivity index (χ2n) is 8.80.